The molecule has 1 aromatic heterocycles. The molecule has 1 fully saturated rings. The molecule has 1 aliphatic heterocycles. The fourth-order valence-corrected chi connectivity index (χ4v) is 2.94. The monoisotopic (exact) mass is 344 g/mol. The van der Waals surface area contributed by atoms with E-state index < -0.39 is 0 Å². The van der Waals surface area contributed by atoms with E-state index in [4.69, 9.17) is 4.74 Å². The van der Waals surface area contributed by atoms with Gasteiger partial charge in [-0.05, 0) is 30.7 Å². The highest BCUT2D eigenvalue weighted by atomic mass is 19.1. The van der Waals surface area contributed by atoms with Crippen molar-refractivity contribution in [2.24, 2.45) is 7.05 Å². The molecule has 2 aromatic rings. The predicted octanol–water partition coefficient (Wildman–Crippen LogP) is 2.06. The van der Waals surface area contributed by atoms with Crippen LogP contribution in [0.4, 0.5) is 4.39 Å². The number of likely N-dealkylation sites (tertiary alicyclic amines) is 1. The summed E-state index contributed by atoms with van der Waals surface area (Å²) in [5.74, 6) is 0.228. The molecule has 0 N–H and O–H groups in total. The highest BCUT2D eigenvalue weighted by Crippen LogP contribution is 2.19. The number of halogens is 1. The third kappa shape index (κ3) is 4.07. The minimum absolute atomic E-state index is 0.00198. The van der Waals surface area contributed by atoms with Crippen LogP contribution in [0.25, 0.3) is 0 Å². The van der Waals surface area contributed by atoms with Gasteiger partial charge in [-0.25, -0.2) is 4.39 Å². The number of aromatic nitrogens is 1. The molecular weight excluding hydrogens is 323 g/mol. The molecule has 1 amide bonds. The van der Waals surface area contributed by atoms with Crippen molar-refractivity contribution in [3.8, 4) is 5.75 Å². The van der Waals surface area contributed by atoms with Gasteiger partial charge in [0.05, 0.1) is 13.0 Å². The van der Waals surface area contributed by atoms with Crippen LogP contribution >= 0.6 is 0 Å². The van der Waals surface area contributed by atoms with Gasteiger partial charge >= 0.3 is 0 Å². The molecule has 0 bridgehead atoms. The lowest BCUT2D eigenvalue weighted by atomic mass is 10.1. The fraction of sp³-hybridized carbons (Fsp3) is 0.368. The molecule has 0 unspecified atom stereocenters. The van der Waals surface area contributed by atoms with E-state index in [-0.39, 0.29) is 29.8 Å². The molecule has 1 atom stereocenters. The van der Waals surface area contributed by atoms with E-state index >= 15 is 0 Å². The molecule has 3 rings (SSSR count). The molecule has 2 heterocycles. The van der Waals surface area contributed by atoms with Crippen LogP contribution in [0.3, 0.4) is 0 Å². The Hall–Kier alpha value is -2.63. The zero-order valence-corrected chi connectivity index (χ0v) is 14.4. The maximum atomic E-state index is 12.9. The Morgan fingerprint density at radius 2 is 2.00 bits per heavy atom. The molecule has 1 aromatic carbocycles. The standard InChI is InChI=1S/C19H21FN2O3/c1-13-9-17(11-18(23)21(13)2)25-16-7-8-22(12-16)19(24)10-14-3-5-15(20)6-4-14/h3-6,9,11,16H,7-8,10,12H2,1-2H3/t16-/m0/s1. The average Bonchev–Trinajstić information content (AvgIpc) is 3.03. The molecule has 1 saturated heterocycles. The van der Waals surface area contributed by atoms with Crippen molar-refractivity contribution < 1.29 is 13.9 Å². The van der Waals surface area contributed by atoms with Crippen LogP contribution in [0, 0.1) is 12.7 Å². The zero-order valence-electron chi connectivity index (χ0n) is 14.4. The number of carbonyl (C=O) groups is 1. The molecule has 25 heavy (non-hydrogen) atoms. The Morgan fingerprint density at radius 3 is 2.68 bits per heavy atom. The second-order valence-electron chi connectivity index (χ2n) is 6.40. The van der Waals surface area contributed by atoms with E-state index in [1.165, 1.54) is 18.2 Å². The number of hydrogen-bond acceptors (Lipinski definition) is 3. The van der Waals surface area contributed by atoms with E-state index in [1.807, 2.05) is 13.0 Å². The minimum Gasteiger partial charge on any atom is -0.488 e. The lowest BCUT2D eigenvalue weighted by Gasteiger charge is -2.18. The van der Waals surface area contributed by atoms with Gasteiger partial charge in [0.1, 0.15) is 17.7 Å². The Balaban J connectivity index is 1.59. The number of benzene rings is 1. The molecule has 0 radical (unpaired) electrons. The summed E-state index contributed by atoms with van der Waals surface area (Å²) in [6.45, 7) is 2.96. The third-order valence-corrected chi connectivity index (χ3v) is 4.55. The van der Waals surface area contributed by atoms with Crippen molar-refractivity contribution in [1.29, 1.82) is 0 Å². The Bertz CT molecular complexity index is 830. The maximum absolute atomic E-state index is 12.9. The van der Waals surface area contributed by atoms with Crippen LogP contribution in [0.5, 0.6) is 5.75 Å². The van der Waals surface area contributed by atoms with Gasteiger partial charge in [-0.15, -0.1) is 0 Å². The number of ether oxygens (including phenoxy) is 1. The van der Waals surface area contributed by atoms with Crippen LogP contribution in [-0.4, -0.2) is 34.6 Å². The van der Waals surface area contributed by atoms with Crippen molar-refractivity contribution in [3.05, 3.63) is 63.8 Å². The first-order chi connectivity index (χ1) is 11.9. The van der Waals surface area contributed by atoms with Crippen molar-refractivity contribution in [3.63, 3.8) is 0 Å². The first-order valence-electron chi connectivity index (χ1n) is 8.29. The van der Waals surface area contributed by atoms with Crippen LogP contribution < -0.4 is 10.3 Å². The Labute approximate surface area is 145 Å². The third-order valence-electron chi connectivity index (χ3n) is 4.55. The highest BCUT2D eigenvalue weighted by molar-refractivity contribution is 5.79. The molecule has 1 aliphatic rings. The molecule has 6 heteroatoms. The van der Waals surface area contributed by atoms with Crippen molar-refractivity contribution in [2.45, 2.75) is 25.9 Å². The van der Waals surface area contributed by atoms with Gasteiger partial charge in [0, 0.05) is 31.8 Å². The van der Waals surface area contributed by atoms with Gasteiger partial charge < -0.3 is 14.2 Å². The second-order valence-corrected chi connectivity index (χ2v) is 6.40. The van der Waals surface area contributed by atoms with Crippen molar-refractivity contribution >= 4 is 5.91 Å². The molecule has 0 spiro atoms. The lowest BCUT2D eigenvalue weighted by molar-refractivity contribution is -0.129. The van der Waals surface area contributed by atoms with Crippen LogP contribution in [0.1, 0.15) is 17.7 Å². The maximum Gasteiger partial charge on any atom is 0.254 e. The predicted molar refractivity (Wildman–Crippen MR) is 92.1 cm³/mol. The number of rotatable bonds is 4. The number of hydrogen-bond donors (Lipinski definition) is 0. The smallest absolute Gasteiger partial charge is 0.254 e. The van der Waals surface area contributed by atoms with Gasteiger partial charge in [0.25, 0.3) is 5.56 Å². The van der Waals surface area contributed by atoms with Gasteiger partial charge in [-0.2, -0.15) is 0 Å². The zero-order chi connectivity index (χ0) is 18.0. The highest BCUT2D eigenvalue weighted by Gasteiger charge is 2.27. The summed E-state index contributed by atoms with van der Waals surface area (Å²) in [4.78, 5) is 26.0. The second kappa shape index (κ2) is 7.09. The number of amides is 1. The molecule has 0 saturated carbocycles. The molecule has 132 valence electrons. The number of pyridine rings is 1. The summed E-state index contributed by atoms with van der Waals surface area (Å²) >= 11 is 0. The number of carbonyl (C=O) groups excluding carboxylic acids is 1. The molecule has 0 aliphatic carbocycles. The van der Waals surface area contributed by atoms with Crippen molar-refractivity contribution in [2.75, 3.05) is 13.1 Å². The van der Waals surface area contributed by atoms with Gasteiger partial charge in [-0.1, -0.05) is 12.1 Å². The van der Waals surface area contributed by atoms with E-state index in [9.17, 15) is 14.0 Å². The van der Waals surface area contributed by atoms with Gasteiger partial charge in [-0.3, -0.25) is 9.59 Å². The summed E-state index contributed by atoms with van der Waals surface area (Å²) in [7, 11) is 1.72. The van der Waals surface area contributed by atoms with E-state index in [2.05, 4.69) is 0 Å². The summed E-state index contributed by atoms with van der Waals surface area (Å²) in [6, 6.07) is 9.26. The summed E-state index contributed by atoms with van der Waals surface area (Å²) in [5, 5.41) is 0. The Morgan fingerprint density at radius 1 is 1.28 bits per heavy atom. The fourth-order valence-electron chi connectivity index (χ4n) is 2.94. The van der Waals surface area contributed by atoms with Crippen LogP contribution in [-0.2, 0) is 18.3 Å². The number of nitrogens with zero attached hydrogens (tertiary/aromatic N) is 2. The first kappa shape index (κ1) is 17.2. The first-order valence-corrected chi connectivity index (χ1v) is 8.29. The minimum atomic E-state index is -0.310. The van der Waals surface area contributed by atoms with E-state index in [0.717, 1.165) is 17.7 Å². The molecule has 5 nitrogen and oxygen atoms in total. The van der Waals surface area contributed by atoms with Crippen molar-refractivity contribution in [1.82, 2.24) is 9.47 Å². The molecular formula is C19H21FN2O3. The lowest BCUT2D eigenvalue weighted by Crippen LogP contribution is -2.32. The van der Waals surface area contributed by atoms with E-state index in [0.29, 0.717) is 18.8 Å². The number of aryl methyl sites for hydroxylation is 1. The largest absolute Gasteiger partial charge is 0.488 e. The SMILES string of the molecule is Cc1cc(O[C@H]2CCN(C(=O)Cc3ccc(F)cc3)C2)cc(=O)n1C. The van der Waals surface area contributed by atoms with Crippen LogP contribution in [0.2, 0.25) is 0 Å². The van der Waals surface area contributed by atoms with Gasteiger partial charge in [0.2, 0.25) is 5.91 Å². The summed E-state index contributed by atoms with van der Waals surface area (Å²) < 4.78 is 20.4. The summed E-state index contributed by atoms with van der Waals surface area (Å²) in [5.41, 5.74) is 1.50. The quantitative estimate of drug-likeness (QED) is 0.853. The Kier molecular flexibility index (Phi) is 4.88. The average molecular weight is 344 g/mol. The summed E-state index contributed by atoms with van der Waals surface area (Å²) in [6.07, 6.45) is 0.852. The normalized spacial score (nSPS) is 16.9. The topological polar surface area (TPSA) is 51.5 Å². The van der Waals surface area contributed by atoms with E-state index in [1.54, 1.807) is 28.6 Å². The van der Waals surface area contributed by atoms with Crippen LogP contribution in [0.15, 0.2) is 41.2 Å². The van der Waals surface area contributed by atoms with Gasteiger partial charge in [0.15, 0.2) is 0 Å².